The maximum Gasteiger partial charge on any atom is 0.220 e. The molecule has 3 nitrogen and oxygen atoms in total. The lowest BCUT2D eigenvalue weighted by atomic mass is 10.1. The number of aryl methyl sites for hydroxylation is 1. The maximum absolute atomic E-state index is 11.4. The number of carbonyl (C=O) groups excluding carboxylic acids is 1. The quantitative estimate of drug-likeness (QED) is 0.848. The minimum Gasteiger partial charge on any atom is -0.352 e. The molecule has 1 amide bonds. The third-order valence-electron chi connectivity index (χ3n) is 2.44. The van der Waals surface area contributed by atoms with Crippen molar-refractivity contribution in [2.45, 2.75) is 39.3 Å². The average molecular weight is 257 g/mol. The van der Waals surface area contributed by atoms with E-state index in [1.54, 1.807) is 0 Å². The molecule has 0 saturated heterocycles. The summed E-state index contributed by atoms with van der Waals surface area (Å²) in [6.45, 7) is 4.55. The molecule has 3 N–H and O–H groups in total. The largest absolute Gasteiger partial charge is 0.352 e. The molecule has 0 aliphatic carbocycles. The summed E-state index contributed by atoms with van der Waals surface area (Å²) in [5, 5.41) is 2.88. The van der Waals surface area contributed by atoms with Crippen LogP contribution in [0.1, 0.15) is 30.9 Å². The van der Waals surface area contributed by atoms with Crippen LogP contribution in [0.3, 0.4) is 0 Å². The van der Waals surface area contributed by atoms with Gasteiger partial charge in [0.15, 0.2) is 0 Å². The summed E-state index contributed by atoms with van der Waals surface area (Å²) in [6.07, 6.45) is 1.24. The fraction of sp³-hybridized carbons (Fsp3) is 0.462. The minimum atomic E-state index is 0. The molecule has 1 rings (SSSR count). The Morgan fingerprint density at radius 2 is 1.94 bits per heavy atom. The van der Waals surface area contributed by atoms with E-state index in [1.165, 1.54) is 5.56 Å². The topological polar surface area (TPSA) is 55.1 Å². The fourth-order valence-corrected chi connectivity index (χ4v) is 1.35. The van der Waals surface area contributed by atoms with Gasteiger partial charge in [0, 0.05) is 19.0 Å². The van der Waals surface area contributed by atoms with Crippen molar-refractivity contribution >= 4 is 18.3 Å². The van der Waals surface area contributed by atoms with E-state index in [1.807, 2.05) is 38.1 Å². The number of amides is 1. The monoisotopic (exact) mass is 256 g/mol. The summed E-state index contributed by atoms with van der Waals surface area (Å²) >= 11 is 0. The first-order chi connectivity index (χ1) is 7.58. The highest BCUT2D eigenvalue weighted by molar-refractivity contribution is 5.85. The van der Waals surface area contributed by atoms with Crippen molar-refractivity contribution < 1.29 is 4.79 Å². The zero-order chi connectivity index (χ0) is 12.0. The molecule has 0 bridgehead atoms. The van der Waals surface area contributed by atoms with Crippen LogP contribution in [0.4, 0.5) is 0 Å². The first-order valence-corrected chi connectivity index (χ1v) is 5.66. The van der Waals surface area contributed by atoms with Crippen molar-refractivity contribution in [1.82, 2.24) is 5.32 Å². The number of benzene rings is 1. The van der Waals surface area contributed by atoms with Crippen LogP contribution in [-0.4, -0.2) is 11.9 Å². The Kier molecular flexibility index (Phi) is 7.59. The molecule has 0 aliphatic heterocycles. The van der Waals surface area contributed by atoms with Gasteiger partial charge in [-0.05, 0) is 25.8 Å². The van der Waals surface area contributed by atoms with Gasteiger partial charge in [-0.3, -0.25) is 4.79 Å². The maximum atomic E-state index is 11.4. The molecule has 0 heterocycles. The Morgan fingerprint density at radius 1 is 1.35 bits per heavy atom. The zero-order valence-electron chi connectivity index (χ0n) is 10.4. The molecular formula is C13H21ClN2O. The number of hydrogen-bond acceptors (Lipinski definition) is 2. The third-order valence-corrected chi connectivity index (χ3v) is 2.44. The summed E-state index contributed by atoms with van der Waals surface area (Å²) in [7, 11) is 0. The molecule has 0 spiro atoms. The normalized spacial score (nSPS) is 11.5. The smallest absolute Gasteiger partial charge is 0.220 e. The van der Waals surface area contributed by atoms with Crippen LogP contribution in [0.2, 0.25) is 0 Å². The summed E-state index contributed by atoms with van der Waals surface area (Å²) < 4.78 is 0. The Bertz CT molecular complexity index is 336. The van der Waals surface area contributed by atoms with Crippen molar-refractivity contribution in [2.75, 3.05) is 0 Å². The SMILES string of the molecule is Cc1ccc(CNC(=O)CCC(C)N)cc1.Cl. The predicted molar refractivity (Wildman–Crippen MR) is 73.2 cm³/mol. The van der Waals surface area contributed by atoms with E-state index in [0.717, 1.165) is 12.0 Å². The van der Waals surface area contributed by atoms with Gasteiger partial charge in [0.05, 0.1) is 0 Å². The van der Waals surface area contributed by atoms with E-state index in [-0.39, 0.29) is 24.4 Å². The highest BCUT2D eigenvalue weighted by Crippen LogP contribution is 2.02. The van der Waals surface area contributed by atoms with Gasteiger partial charge in [-0.15, -0.1) is 12.4 Å². The van der Waals surface area contributed by atoms with Gasteiger partial charge in [-0.2, -0.15) is 0 Å². The summed E-state index contributed by atoms with van der Waals surface area (Å²) in [5.74, 6) is 0.0675. The van der Waals surface area contributed by atoms with E-state index < -0.39 is 0 Å². The summed E-state index contributed by atoms with van der Waals surface area (Å²) in [5.41, 5.74) is 7.94. The summed E-state index contributed by atoms with van der Waals surface area (Å²) in [4.78, 5) is 11.4. The second-order valence-electron chi connectivity index (χ2n) is 4.28. The molecule has 0 aliphatic rings. The molecule has 0 fully saturated rings. The lowest BCUT2D eigenvalue weighted by Gasteiger charge is -2.07. The van der Waals surface area contributed by atoms with E-state index in [2.05, 4.69) is 5.32 Å². The first kappa shape index (κ1) is 15.9. The Labute approximate surface area is 109 Å². The van der Waals surface area contributed by atoms with Gasteiger partial charge in [0.25, 0.3) is 0 Å². The Morgan fingerprint density at radius 3 is 2.47 bits per heavy atom. The highest BCUT2D eigenvalue weighted by Gasteiger charge is 2.02. The first-order valence-electron chi connectivity index (χ1n) is 5.66. The molecular weight excluding hydrogens is 236 g/mol. The molecule has 17 heavy (non-hydrogen) atoms. The second kappa shape index (κ2) is 8.09. The lowest BCUT2D eigenvalue weighted by molar-refractivity contribution is -0.121. The van der Waals surface area contributed by atoms with Crippen molar-refractivity contribution in [3.05, 3.63) is 35.4 Å². The van der Waals surface area contributed by atoms with Crippen LogP contribution in [0.5, 0.6) is 0 Å². The van der Waals surface area contributed by atoms with Crippen LogP contribution >= 0.6 is 12.4 Å². The van der Waals surface area contributed by atoms with E-state index >= 15 is 0 Å². The lowest BCUT2D eigenvalue weighted by Crippen LogP contribution is -2.25. The third kappa shape index (κ3) is 6.97. The van der Waals surface area contributed by atoms with Gasteiger partial charge in [-0.25, -0.2) is 0 Å². The molecule has 96 valence electrons. The zero-order valence-corrected chi connectivity index (χ0v) is 11.2. The van der Waals surface area contributed by atoms with E-state index in [0.29, 0.717) is 13.0 Å². The average Bonchev–Trinajstić information content (AvgIpc) is 2.25. The number of halogens is 1. The van der Waals surface area contributed by atoms with Crippen LogP contribution < -0.4 is 11.1 Å². The van der Waals surface area contributed by atoms with Crippen molar-refractivity contribution in [3.8, 4) is 0 Å². The number of carbonyl (C=O) groups is 1. The minimum absolute atomic E-state index is 0. The Balaban J connectivity index is 0.00000256. The van der Waals surface area contributed by atoms with Crippen molar-refractivity contribution in [3.63, 3.8) is 0 Å². The van der Waals surface area contributed by atoms with Crippen molar-refractivity contribution in [1.29, 1.82) is 0 Å². The van der Waals surface area contributed by atoms with Crippen LogP contribution in [0.25, 0.3) is 0 Å². The van der Waals surface area contributed by atoms with Gasteiger partial charge >= 0.3 is 0 Å². The molecule has 1 unspecified atom stereocenters. The Hall–Kier alpha value is -1.06. The van der Waals surface area contributed by atoms with Crippen LogP contribution in [-0.2, 0) is 11.3 Å². The number of nitrogens with two attached hydrogens (primary N) is 1. The standard InChI is InChI=1S/C13H20N2O.ClH/c1-10-3-6-12(7-4-10)9-15-13(16)8-5-11(2)14;/h3-4,6-7,11H,5,8-9,14H2,1-2H3,(H,15,16);1H. The second-order valence-corrected chi connectivity index (χ2v) is 4.28. The van der Waals surface area contributed by atoms with Crippen LogP contribution in [0, 0.1) is 6.92 Å². The molecule has 0 saturated carbocycles. The fourth-order valence-electron chi connectivity index (χ4n) is 1.35. The van der Waals surface area contributed by atoms with Gasteiger partial charge < -0.3 is 11.1 Å². The molecule has 1 aromatic rings. The number of rotatable bonds is 5. The van der Waals surface area contributed by atoms with E-state index in [9.17, 15) is 4.79 Å². The molecule has 0 radical (unpaired) electrons. The van der Waals surface area contributed by atoms with Gasteiger partial charge in [0.1, 0.15) is 0 Å². The van der Waals surface area contributed by atoms with Crippen molar-refractivity contribution in [2.24, 2.45) is 5.73 Å². The molecule has 0 aromatic heterocycles. The molecule has 4 heteroatoms. The van der Waals surface area contributed by atoms with E-state index in [4.69, 9.17) is 5.73 Å². The molecule has 1 atom stereocenters. The number of nitrogens with one attached hydrogen (secondary N) is 1. The predicted octanol–water partition coefficient (Wildman–Crippen LogP) is 2.16. The highest BCUT2D eigenvalue weighted by atomic mass is 35.5. The number of hydrogen-bond donors (Lipinski definition) is 2. The van der Waals surface area contributed by atoms with Crippen LogP contribution in [0.15, 0.2) is 24.3 Å². The van der Waals surface area contributed by atoms with Gasteiger partial charge in [-0.1, -0.05) is 29.8 Å². The molecule has 1 aromatic carbocycles. The van der Waals surface area contributed by atoms with Gasteiger partial charge in [0.2, 0.25) is 5.91 Å². The summed E-state index contributed by atoms with van der Waals surface area (Å²) in [6, 6.07) is 8.24.